The van der Waals surface area contributed by atoms with E-state index in [9.17, 15) is 9.59 Å². The Morgan fingerprint density at radius 3 is 2.52 bits per heavy atom. The van der Waals surface area contributed by atoms with Crippen molar-refractivity contribution in [1.82, 2.24) is 19.7 Å². The maximum atomic E-state index is 12.9. The Balaban J connectivity index is 1.67. The topological polar surface area (TPSA) is 88.3 Å². The number of carboxylic acids is 1. The Morgan fingerprint density at radius 2 is 1.96 bits per heavy atom. The van der Waals surface area contributed by atoms with Gasteiger partial charge in [-0.05, 0) is 12.8 Å². The number of carbonyl (C=O) groups excluding carboxylic acids is 1. The van der Waals surface area contributed by atoms with Crippen molar-refractivity contribution in [3.63, 3.8) is 0 Å². The van der Waals surface area contributed by atoms with Crippen LogP contribution in [-0.4, -0.2) is 49.7 Å². The number of carboxylic acid groups (broad SMARTS) is 1. The summed E-state index contributed by atoms with van der Waals surface area (Å²) in [6, 6.07) is 0.126. The van der Waals surface area contributed by atoms with Gasteiger partial charge in [0.15, 0.2) is 0 Å². The van der Waals surface area contributed by atoms with Gasteiger partial charge in [-0.3, -0.25) is 9.48 Å². The molecule has 1 fully saturated rings. The van der Waals surface area contributed by atoms with Crippen molar-refractivity contribution in [2.24, 2.45) is 0 Å². The van der Waals surface area contributed by atoms with Crippen molar-refractivity contribution >= 4 is 23.2 Å². The van der Waals surface area contributed by atoms with Gasteiger partial charge in [0.1, 0.15) is 4.88 Å². The van der Waals surface area contributed by atoms with E-state index in [0.717, 1.165) is 23.4 Å². The van der Waals surface area contributed by atoms with Crippen LogP contribution in [0.4, 0.5) is 0 Å². The van der Waals surface area contributed by atoms with Gasteiger partial charge in [-0.2, -0.15) is 5.10 Å². The maximum Gasteiger partial charge on any atom is 0.338 e. The van der Waals surface area contributed by atoms with Gasteiger partial charge < -0.3 is 10.0 Å². The summed E-state index contributed by atoms with van der Waals surface area (Å²) in [6.45, 7) is 7.44. The van der Waals surface area contributed by atoms with Crippen molar-refractivity contribution in [2.75, 3.05) is 13.1 Å². The maximum absolute atomic E-state index is 12.9. The second kappa shape index (κ2) is 6.59. The SMILES string of the molecule is CC(C)(C)c1ncsc1C(=O)N1CCC(n2cc(C(=O)O)cn2)CC1. The van der Waals surface area contributed by atoms with Crippen molar-refractivity contribution in [1.29, 1.82) is 0 Å². The van der Waals surface area contributed by atoms with Gasteiger partial charge in [0.25, 0.3) is 5.91 Å². The molecule has 134 valence electrons. The molecule has 1 saturated heterocycles. The van der Waals surface area contributed by atoms with E-state index in [1.54, 1.807) is 16.4 Å². The first kappa shape index (κ1) is 17.6. The molecule has 7 nitrogen and oxygen atoms in total. The molecular weight excluding hydrogens is 340 g/mol. The Kier molecular flexibility index (Phi) is 4.64. The molecule has 3 rings (SSSR count). The molecule has 1 amide bonds. The molecule has 25 heavy (non-hydrogen) atoms. The largest absolute Gasteiger partial charge is 0.478 e. The van der Waals surface area contributed by atoms with Gasteiger partial charge in [-0.15, -0.1) is 11.3 Å². The minimum atomic E-state index is -0.973. The first-order valence-corrected chi connectivity index (χ1v) is 9.16. The third-order valence-electron chi connectivity index (χ3n) is 4.45. The molecule has 0 atom stereocenters. The van der Waals surface area contributed by atoms with Gasteiger partial charge >= 0.3 is 5.97 Å². The number of aromatic nitrogens is 3. The van der Waals surface area contributed by atoms with Crippen molar-refractivity contribution in [2.45, 2.75) is 45.1 Å². The Morgan fingerprint density at radius 1 is 1.28 bits per heavy atom. The predicted octanol–water partition coefficient (Wildman–Crippen LogP) is 2.81. The summed E-state index contributed by atoms with van der Waals surface area (Å²) in [4.78, 5) is 30.8. The van der Waals surface area contributed by atoms with E-state index in [1.165, 1.54) is 17.5 Å². The molecule has 3 heterocycles. The van der Waals surface area contributed by atoms with E-state index < -0.39 is 5.97 Å². The highest BCUT2D eigenvalue weighted by Crippen LogP contribution is 2.30. The summed E-state index contributed by atoms with van der Waals surface area (Å²) >= 11 is 1.40. The molecule has 0 unspecified atom stereocenters. The molecule has 1 aliphatic rings. The first-order valence-electron chi connectivity index (χ1n) is 8.28. The number of rotatable bonds is 3. The second-order valence-electron chi connectivity index (χ2n) is 7.32. The lowest BCUT2D eigenvalue weighted by atomic mass is 9.91. The van der Waals surface area contributed by atoms with Crippen molar-refractivity contribution in [3.05, 3.63) is 34.0 Å². The minimum absolute atomic E-state index is 0.0394. The zero-order valence-corrected chi connectivity index (χ0v) is 15.4. The molecule has 0 radical (unpaired) electrons. The molecule has 0 spiro atoms. The molecule has 0 aliphatic carbocycles. The van der Waals surface area contributed by atoms with Crippen molar-refractivity contribution in [3.8, 4) is 0 Å². The molecular formula is C17H22N4O3S. The van der Waals surface area contributed by atoms with E-state index >= 15 is 0 Å². The van der Waals surface area contributed by atoms with E-state index in [-0.39, 0.29) is 22.9 Å². The average Bonchev–Trinajstić information content (AvgIpc) is 3.23. The quantitative estimate of drug-likeness (QED) is 0.907. The highest BCUT2D eigenvalue weighted by molar-refractivity contribution is 7.11. The number of nitrogens with zero attached hydrogens (tertiary/aromatic N) is 4. The molecule has 0 aromatic carbocycles. The highest BCUT2D eigenvalue weighted by atomic mass is 32.1. The smallest absolute Gasteiger partial charge is 0.338 e. The van der Waals surface area contributed by atoms with Crippen LogP contribution in [0, 0.1) is 0 Å². The number of hydrogen-bond acceptors (Lipinski definition) is 5. The summed E-state index contributed by atoms with van der Waals surface area (Å²) in [7, 11) is 0. The minimum Gasteiger partial charge on any atom is -0.478 e. The van der Waals surface area contributed by atoms with E-state index in [2.05, 4.69) is 30.9 Å². The van der Waals surface area contributed by atoms with Gasteiger partial charge in [-0.25, -0.2) is 9.78 Å². The summed E-state index contributed by atoms with van der Waals surface area (Å²) in [6.07, 6.45) is 4.45. The summed E-state index contributed by atoms with van der Waals surface area (Å²) < 4.78 is 1.71. The molecule has 1 N–H and O–H groups in total. The van der Waals surface area contributed by atoms with Gasteiger partial charge in [0.05, 0.1) is 29.0 Å². The lowest BCUT2D eigenvalue weighted by Crippen LogP contribution is -2.39. The van der Waals surface area contributed by atoms with E-state index in [1.807, 2.05) is 4.90 Å². The van der Waals surface area contributed by atoms with Crippen LogP contribution in [0.5, 0.6) is 0 Å². The van der Waals surface area contributed by atoms with Gasteiger partial charge in [0, 0.05) is 24.7 Å². The third kappa shape index (κ3) is 3.58. The zero-order chi connectivity index (χ0) is 18.2. The van der Waals surface area contributed by atoms with Crippen LogP contribution in [0.1, 0.15) is 65.4 Å². The Labute approximate surface area is 150 Å². The number of hydrogen-bond donors (Lipinski definition) is 1. The number of likely N-dealkylation sites (tertiary alicyclic amines) is 1. The fraction of sp³-hybridized carbons (Fsp3) is 0.529. The third-order valence-corrected chi connectivity index (χ3v) is 5.26. The fourth-order valence-corrected chi connectivity index (χ4v) is 4.02. The van der Waals surface area contributed by atoms with Crippen LogP contribution < -0.4 is 0 Å². The summed E-state index contributed by atoms with van der Waals surface area (Å²) in [5, 5.41) is 13.1. The standard InChI is InChI=1S/C17H22N4O3S/c1-17(2,3)14-13(25-10-18-14)15(22)20-6-4-12(5-7-20)21-9-11(8-19-21)16(23)24/h8-10,12H,4-7H2,1-3H3,(H,23,24). The molecule has 0 bridgehead atoms. The molecule has 8 heteroatoms. The average molecular weight is 362 g/mol. The second-order valence-corrected chi connectivity index (χ2v) is 8.17. The van der Waals surface area contributed by atoms with Crippen LogP contribution >= 0.6 is 11.3 Å². The lowest BCUT2D eigenvalue weighted by Gasteiger charge is -2.32. The highest BCUT2D eigenvalue weighted by Gasteiger charge is 2.30. The zero-order valence-electron chi connectivity index (χ0n) is 14.6. The van der Waals surface area contributed by atoms with Gasteiger partial charge in [0.2, 0.25) is 0 Å². The molecule has 2 aromatic heterocycles. The van der Waals surface area contributed by atoms with Crippen LogP contribution in [-0.2, 0) is 5.41 Å². The van der Waals surface area contributed by atoms with Crippen LogP contribution in [0.25, 0.3) is 0 Å². The van der Waals surface area contributed by atoms with Crippen LogP contribution in [0.3, 0.4) is 0 Å². The number of carbonyl (C=O) groups is 2. The molecule has 1 aliphatic heterocycles. The number of aromatic carboxylic acids is 1. The van der Waals surface area contributed by atoms with Gasteiger partial charge in [-0.1, -0.05) is 20.8 Å². The molecule has 2 aromatic rings. The number of amides is 1. The predicted molar refractivity (Wildman–Crippen MR) is 94.2 cm³/mol. The first-order chi connectivity index (χ1) is 11.8. The van der Waals surface area contributed by atoms with E-state index in [0.29, 0.717) is 13.1 Å². The fourth-order valence-electron chi connectivity index (χ4n) is 3.06. The van der Waals surface area contributed by atoms with E-state index in [4.69, 9.17) is 5.11 Å². The number of thiazole rings is 1. The van der Waals surface area contributed by atoms with Crippen LogP contribution in [0.15, 0.2) is 17.9 Å². The Bertz CT molecular complexity index is 782. The molecule has 0 saturated carbocycles. The van der Waals surface area contributed by atoms with Crippen molar-refractivity contribution < 1.29 is 14.7 Å². The normalized spacial score (nSPS) is 16.2. The summed E-state index contributed by atoms with van der Waals surface area (Å²) in [5.41, 5.74) is 2.62. The van der Waals surface area contributed by atoms with Crippen LogP contribution in [0.2, 0.25) is 0 Å². The number of piperidine rings is 1. The lowest BCUT2D eigenvalue weighted by molar-refractivity contribution is 0.0690. The Hall–Kier alpha value is -2.22. The summed E-state index contributed by atoms with van der Waals surface area (Å²) in [5.74, 6) is -0.934. The monoisotopic (exact) mass is 362 g/mol.